The van der Waals surface area contributed by atoms with Crippen molar-refractivity contribution in [2.45, 2.75) is 19.3 Å². The highest BCUT2D eigenvalue weighted by Gasteiger charge is 2.27. The van der Waals surface area contributed by atoms with Gasteiger partial charge in [-0.1, -0.05) is 12.1 Å². The number of hydrogen-bond acceptors (Lipinski definition) is 6. The van der Waals surface area contributed by atoms with Gasteiger partial charge in [0.05, 0.1) is 19.8 Å². The van der Waals surface area contributed by atoms with Crippen molar-refractivity contribution < 1.29 is 19.1 Å². The first kappa shape index (κ1) is 18.8. The first-order chi connectivity index (χ1) is 13.2. The minimum Gasteiger partial charge on any atom is -0.465 e. The van der Waals surface area contributed by atoms with E-state index in [9.17, 15) is 9.59 Å². The monoisotopic (exact) mass is 368 g/mol. The lowest BCUT2D eigenvalue weighted by atomic mass is 10.1. The Morgan fingerprint density at radius 2 is 1.63 bits per heavy atom. The number of carbonyl (C=O) groups excluding carboxylic acids is 2. The molecular weight excluding hydrogens is 344 g/mol. The number of ether oxygens (including phenoxy) is 2. The van der Waals surface area contributed by atoms with Gasteiger partial charge in [0.15, 0.2) is 0 Å². The van der Waals surface area contributed by atoms with Crippen LogP contribution in [-0.4, -0.2) is 39.2 Å². The maximum atomic E-state index is 12.5. The summed E-state index contributed by atoms with van der Waals surface area (Å²) in [5, 5.41) is 0. The zero-order valence-electron chi connectivity index (χ0n) is 15.7. The summed E-state index contributed by atoms with van der Waals surface area (Å²) >= 11 is 0. The van der Waals surface area contributed by atoms with Crippen molar-refractivity contribution in [2.24, 2.45) is 0 Å². The molecule has 0 spiro atoms. The number of methoxy groups -OCH3 is 2. The van der Waals surface area contributed by atoms with Gasteiger partial charge in [0.25, 0.3) is 0 Å². The van der Waals surface area contributed by atoms with Gasteiger partial charge in [-0.05, 0) is 49.6 Å². The quantitative estimate of drug-likeness (QED) is 0.761. The maximum Gasteiger partial charge on any atom is 0.355 e. The molecule has 0 aliphatic carbocycles. The average Bonchev–Trinajstić information content (AvgIpc) is 2.96. The second-order valence-corrected chi connectivity index (χ2v) is 6.38. The predicted molar refractivity (Wildman–Crippen MR) is 104 cm³/mol. The Morgan fingerprint density at radius 1 is 0.926 bits per heavy atom. The van der Waals surface area contributed by atoms with E-state index in [-0.39, 0.29) is 11.3 Å². The Balaban J connectivity index is 2.05. The van der Waals surface area contributed by atoms with Crippen LogP contribution in [0.1, 0.15) is 19.3 Å². The minimum atomic E-state index is -0.602. The van der Waals surface area contributed by atoms with Crippen molar-refractivity contribution in [1.29, 1.82) is 0 Å². The molecule has 0 unspecified atom stereocenters. The van der Waals surface area contributed by atoms with Crippen molar-refractivity contribution in [3.8, 4) is 0 Å². The van der Waals surface area contributed by atoms with Gasteiger partial charge < -0.3 is 19.3 Å². The minimum absolute atomic E-state index is 0.130. The van der Waals surface area contributed by atoms with E-state index in [2.05, 4.69) is 11.0 Å². The molecule has 2 aliphatic heterocycles. The van der Waals surface area contributed by atoms with E-state index in [1.165, 1.54) is 33.5 Å². The van der Waals surface area contributed by atoms with Gasteiger partial charge in [0.1, 0.15) is 5.70 Å². The number of carbonyl (C=O) groups is 2. The van der Waals surface area contributed by atoms with Gasteiger partial charge >= 0.3 is 11.9 Å². The Morgan fingerprint density at radius 3 is 2.33 bits per heavy atom. The van der Waals surface area contributed by atoms with Crippen LogP contribution in [0, 0.1) is 0 Å². The summed E-state index contributed by atoms with van der Waals surface area (Å²) in [5.74, 6) is -1.19. The molecule has 1 saturated heterocycles. The molecule has 6 nitrogen and oxygen atoms in total. The van der Waals surface area contributed by atoms with Crippen LogP contribution >= 0.6 is 0 Å². The highest BCUT2D eigenvalue weighted by atomic mass is 16.5. The molecule has 0 aromatic heterocycles. The molecule has 0 atom stereocenters. The fourth-order valence-corrected chi connectivity index (χ4v) is 3.36. The van der Waals surface area contributed by atoms with Gasteiger partial charge in [-0.15, -0.1) is 0 Å². The molecule has 0 radical (unpaired) electrons. The van der Waals surface area contributed by atoms with Gasteiger partial charge in [0, 0.05) is 30.7 Å². The molecule has 2 aliphatic rings. The standard InChI is InChI=1S/C21H24N2O4/c1-26-20(24)18-11-4-7-14-23(19(18)21(25)27-2)17-10-8-9-16(15-17)22-12-5-3-6-13-22/h4,7-11,14-15H,3,5-6,12-13H2,1-2H3. The normalized spacial score (nSPS) is 17.0. The SMILES string of the molecule is COC(=O)C1=C(C(=O)OC)N(c2cccc(N3CCCCC3)c2)C=CC=C1. The summed E-state index contributed by atoms with van der Waals surface area (Å²) in [4.78, 5) is 28.8. The second-order valence-electron chi connectivity index (χ2n) is 6.38. The summed E-state index contributed by atoms with van der Waals surface area (Å²) < 4.78 is 9.80. The Hall–Kier alpha value is -3.02. The Bertz CT molecular complexity index is 804. The van der Waals surface area contributed by atoms with Crippen LogP contribution in [0.2, 0.25) is 0 Å². The fraction of sp³-hybridized carbons (Fsp3) is 0.333. The second kappa shape index (κ2) is 8.58. The van der Waals surface area contributed by atoms with Crippen molar-refractivity contribution in [3.63, 3.8) is 0 Å². The lowest BCUT2D eigenvalue weighted by Gasteiger charge is -2.30. The van der Waals surface area contributed by atoms with Gasteiger partial charge in [0.2, 0.25) is 0 Å². The molecule has 1 fully saturated rings. The lowest BCUT2D eigenvalue weighted by molar-refractivity contribution is -0.139. The molecule has 2 heterocycles. The highest BCUT2D eigenvalue weighted by Crippen LogP contribution is 2.30. The van der Waals surface area contributed by atoms with Gasteiger partial charge in [-0.3, -0.25) is 0 Å². The molecule has 0 saturated carbocycles. The molecule has 0 bridgehead atoms. The third-order valence-corrected chi connectivity index (χ3v) is 4.72. The predicted octanol–water partition coefficient (Wildman–Crippen LogP) is 3.17. The van der Waals surface area contributed by atoms with Crippen LogP contribution in [0.25, 0.3) is 0 Å². The van der Waals surface area contributed by atoms with E-state index in [1.807, 2.05) is 18.2 Å². The van der Waals surface area contributed by atoms with Crippen molar-refractivity contribution in [2.75, 3.05) is 37.1 Å². The van der Waals surface area contributed by atoms with E-state index in [1.54, 1.807) is 29.3 Å². The molecule has 6 heteroatoms. The number of allylic oxidation sites excluding steroid dienone is 2. The summed E-state index contributed by atoms with van der Waals surface area (Å²) in [6, 6.07) is 7.95. The van der Waals surface area contributed by atoms with Crippen LogP contribution < -0.4 is 9.80 Å². The molecule has 0 N–H and O–H groups in total. The smallest absolute Gasteiger partial charge is 0.355 e. The van der Waals surface area contributed by atoms with Crippen molar-refractivity contribution in [1.82, 2.24) is 0 Å². The van der Waals surface area contributed by atoms with Gasteiger partial charge in [-0.2, -0.15) is 0 Å². The maximum absolute atomic E-state index is 12.5. The van der Waals surface area contributed by atoms with Crippen LogP contribution in [0.4, 0.5) is 11.4 Å². The largest absolute Gasteiger partial charge is 0.465 e. The van der Waals surface area contributed by atoms with E-state index in [0.717, 1.165) is 24.5 Å². The van der Waals surface area contributed by atoms with Crippen LogP contribution in [0.5, 0.6) is 0 Å². The van der Waals surface area contributed by atoms with E-state index in [4.69, 9.17) is 9.47 Å². The molecular formula is C21H24N2O4. The number of rotatable bonds is 4. The Kier molecular flexibility index (Phi) is 5.96. The number of esters is 2. The van der Waals surface area contributed by atoms with Crippen LogP contribution in [0.15, 0.2) is 60.0 Å². The molecule has 1 aromatic carbocycles. The van der Waals surface area contributed by atoms with E-state index >= 15 is 0 Å². The van der Waals surface area contributed by atoms with E-state index < -0.39 is 11.9 Å². The topological polar surface area (TPSA) is 59.1 Å². The number of benzene rings is 1. The number of hydrogen-bond donors (Lipinski definition) is 0. The zero-order valence-corrected chi connectivity index (χ0v) is 15.7. The first-order valence-electron chi connectivity index (χ1n) is 9.05. The van der Waals surface area contributed by atoms with Crippen molar-refractivity contribution >= 4 is 23.3 Å². The molecule has 27 heavy (non-hydrogen) atoms. The van der Waals surface area contributed by atoms with Crippen LogP contribution in [0.3, 0.4) is 0 Å². The molecule has 1 aromatic rings. The average molecular weight is 368 g/mol. The molecule has 3 rings (SSSR count). The van der Waals surface area contributed by atoms with Crippen LogP contribution in [-0.2, 0) is 19.1 Å². The number of nitrogens with zero attached hydrogens (tertiary/aromatic N) is 2. The zero-order chi connectivity index (χ0) is 19.2. The summed E-state index contributed by atoms with van der Waals surface area (Å²) in [6.07, 6.45) is 10.4. The Labute approximate surface area is 159 Å². The van der Waals surface area contributed by atoms with E-state index in [0.29, 0.717) is 0 Å². The summed E-state index contributed by atoms with van der Waals surface area (Å²) in [5.41, 5.74) is 2.16. The summed E-state index contributed by atoms with van der Waals surface area (Å²) in [6.45, 7) is 2.04. The number of anilines is 2. The number of piperidine rings is 1. The molecule has 0 amide bonds. The highest BCUT2D eigenvalue weighted by molar-refractivity contribution is 6.05. The first-order valence-corrected chi connectivity index (χ1v) is 9.05. The fourth-order valence-electron chi connectivity index (χ4n) is 3.36. The summed E-state index contributed by atoms with van der Waals surface area (Å²) in [7, 11) is 2.59. The van der Waals surface area contributed by atoms with Gasteiger partial charge in [-0.25, -0.2) is 9.59 Å². The lowest BCUT2D eigenvalue weighted by Crippen LogP contribution is -2.30. The third kappa shape index (κ3) is 4.05. The van der Waals surface area contributed by atoms with Crippen molar-refractivity contribution in [3.05, 3.63) is 60.0 Å². The third-order valence-electron chi connectivity index (χ3n) is 4.72. The molecule has 142 valence electrons.